The van der Waals surface area contributed by atoms with E-state index in [1.54, 1.807) is 0 Å². The Balaban J connectivity index is 1.60. The molecule has 0 aromatic carbocycles. The molecule has 2 aliphatic rings. The average molecular weight is 347 g/mol. The molecule has 1 aliphatic heterocycles. The molecule has 2 aromatic heterocycles. The van der Waals surface area contributed by atoms with E-state index in [4.69, 9.17) is 17.3 Å². The summed E-state index contributed by atoms with van der Waals surface area (Å²) < 4.78 is 5.03. The van der Waals surface area contributed by atoms with E-state index in [0.717, 1.165) is 30.4 Å². The molecule has 1 aliphatic carbocycles. The summed E-state index contributed by atoms with van der Waals surface area (Å²) in [4.78, 5) is 3.98. The van der Waals surface area contributed by atoms with Crippen LogP contribution in [0.1, 0.15) is 48.3 Å². The van der Waals surface area contributed by atoms with Crippen LogP contribution in [0.25, 0.3) is 0 Å². The maximum Gasteiger partial charge on any atom is 0.199 e. The fourth-order valence-corrected chi connectivity index (χ4v) is 4.63. The smallest absolute Gasteiger partial charge is 0.199 e. The molecule has 1 unspecified atom stereocenters. The number of thiophene rings is 1. The first-order chi connectivity index (χ1) is 11.3. The molecule has 6 heteroatoms. The quantitative estimate of drug-likeness (QED) is 0.575. The molecule has 0 spiro atoms. The van der Waals surface area contributed by atoms with Crippen LogP contribution in [0.5, 0.6) is 0 Å². The van der Waals surface area contributed by atoms with E-state index in [2.05, 4.69) is 33.6 Å². The Morgan fingerprint density at radius 2 is 2.26 bits per heavy atom. The highest BCUT2D eigenvalue weighted by molar-refractivity contribution is 7.71. The number of aromatic nitrogens is 3. The van der Waals surface area contributed by atoms with Gasteiger partial charge in [-0.2, -0.15) is 5.10 Å². The van der Waals surface area contributed by atoms with Crippen molar-refractivity contribution in [1.29, 1.82) is 0 Å². The number of allylic oxidation sites excluding steroid dienone is 1. The van der Waals surface area contributed by atoms with Crippen LogP contribution in [0.15, 0.2) is 30.2 Å². The first-order valence-electron chi connectivity index (χ1n) is 8.34. The van der Waals surface area contributed by atoms with Gasteiger partial charge in [-0.05, 0) is 49.3 Å². The Kier molecular flexibility index (Phi) is 4.22. The standard InChI is InChI=1S/C17H22N4S2/c1-2-9-20-16(13-7-8-13)18-21(17(20)22)12-19-10-3-5-14(19)15-6-4-11-23-15/h2,4,6,11,13-14H,1,3,5,7-10,12H2. The second-order valence-corrected chi connectivity index (χ2v) is 7.79. The van der Waals surface area contributed by atoms with Crippen LogP contribution in [0.2, 0.25) is 0 Å². The van der Waals surface area contributed by atoms with Crippen molar-refractivity contribution in [2.75, 3.05) is 6.54 Å². The van der Waals surface area contributed by atoms with Crippen molar-refractivity contribution in [2.24, 2.45) is 0 Å². The second kappa shape index (κ2) is 6.34. The molecule has 0 N–H and O–H groups in total. The molecule has 4 nitrogen and oxygen atoms in total. The summed E-state index contributed by atoms with van der Waals surface area (Å²) in [7, 11) is 0. The highest BCUT2D eigenvalue weighted by atomic mass is 32.1. The van der Waals surface area contributed by atoms with Crippen molar-refractivity contribution in [1.82, 2.24) is 19.2 Å². The van der Waals surface area contributed by atoms with Gasteiger partial charge in [0.25, 0.3) is 0 Å². The monoisotopic (exact) mass is 346 g/mol. The van der Waals surface area contributed by atoms with E-state index in [1.165, 1.54) is 30.6 Å². The van der Waals surface area contributed by atoms with E-state index in [9.17, 15) is 0 Å². The van der Waals surface area contributed by atoms with Gasteiger partial charge in [0.05, 0.1) is 6.67 Å². The summed E-state index contributed by atoms with van der Waals surface area (Å²) in [5.74, 6) is 1.76. The van der Waals surface area contributed by atoms with Crippen molar-refractivity contribution in [2.45, 2.75) is 50.9 Å². The van der Waals surface area contributed by atoms with Crippen molar-refractivity contribution in [3.05, 3.63) is 45.6 Å². The Morgan fingerprint density at radius 1 is 1.39 bits per heavy atom. The third kappa shape index (κ3) is 2.95. The molecule has 4 rings (SSSR count). The summed E-state index contributed by atoms with van der Waals surface area (Å²) in [5.41, 5.74) is 0. The van der Waals surface area contributed by atoms with Gasteiger partial charge in [-0.3, -0.25) is 9.47 Å². The molecule has 0 amide bonds. The minimum Gasteiger partial charge on any atom is -0.300 e. The van der Waals surface area contributed by atoms with Gasteiger partial charge in [-0.1, -0.05) is 12.1 Å². The zero-order valence-corrected chi connectivity index (χ0v) is 14.9. The van der Waals surface area contributed by atoms with Crippen molar-refractivity contribution in [3.63, 3.8) is 0 Å². The third-order valence-electron chi connectivity index (χ3n) is 4.76. The van der Waals surface area contributed by atoms with Crippen LogP contribution >= 0.6 is 23.6 Å². The number of hydrogen-bond donors (Lipinski definition) is 0. The number of nitrogens with zero attached hydrogens (tertiary/aromatic N) is 4. The lowest BCUT2D eigenvalue weighted by atomic mass is 10.2. The molecule has 0 bridgehead atoms. The lowest BCUT2D eigenvalue weighted by Gasteiger charge is -2.23. The zero-order valence-electron chi connectivity index (χ0n) is 13.2. The van der Waals surface area contributed by atoms with E-state index >= 15 is 0 Å². The molecule has 1 atom stereocenters. The van der Waals surface area contributed by atoms with E-state index < -0.39 is 0 Å². The third-order valence-corrected chi connectivity index (χ3v) is 6.16. The Bertz CT molecular complexity index is 739. The summed E-state index contributed by atoms with van der Waals surface area (Å²) in [6.07, 6.45) is 6.88. The number of rotatable bonds is 6. The molecular formula is C17H22N4S2. The van der Waals surface area contributed by atoms with Crippen LogP contribution < -0.4 is 0 Å². The fourth-order valence-electron chi connectivity index (χ4n) is 3.46. The summed E-state index contributed by atoms with van der Waals surface area (Å²) >= 11 is 7.54. The predicted octanol–water partition coefficient (Wildman–Crippen LogP) is 4.33. The number of likely N-dealkylation sites (tertiary alicyclic amines) is 1. The van der Waals surface area contributed by atoms with Gasteiger partial charge in [0.2, 0.25) is 0 Å². The maximum absolute atomic E-state index is 5.69. The van der Waals surface area contributed by atoms with Gasteiger partial charge >= 0.3 is 0 Å². The first kappa shape index (κ1) is 15.3. The zero-order chi connectivity index (χ0) is 15.8. The lowest BCUT2D eigenvalue weighted by Crippen LogP contribution is -2.26. The highest BCUT2D eigenvalue weighted by Crippen LogP contribution is 2.39. The minimum atomic E-state index is 0.519. The van der Waals surface area contributed by atoms with Gasteiger partial charge < -0.3 is 0 Å². The molecular weight excluding hydrogens is 324 g/mol. The van der Waals surface area contributed by atoms with Gasteiger partial charge in [-0.25, -0.2) is 4.68 Å². The average Bonchev–Trinajstić information content (AvgIpc) is 2.96. The SMILES string of the molecule is C=CCn1c(C2CC2)nn(CN2CCCC2c2cccs2)c1=S. The minimum absolute atomic E-state index is 0.519. The van der Waals surface area contributed by atoms with Crippen LogP contribution in [0.3, 0.4) is 0 Å². The van der Waals surface area contributed by atoms with Crippen LogP contribution in [-0.2, 0) is 13.2 Å². The molecule has 23 heavy (non-hydrogen) atoms. The molecule has 1 saturated heterocycles. The van der Waals surface area contributed by atoms with Gasteiger partial charge in [-0.15, -0.1) is 17.9 Å². The van der Waals surface area contributed by atoms with Gasteiger partial charge in [0, 0.05) is 29.9 Å². The Morgan fingerprint density at radius 3 is 2.96 bits per heavy atom. The fraction of sp³-hybridized carbons (Fsp3) is 0.529. The topological polar surface area (TPSA) is 26.0 Å². The molecule has 3 heterocycles. The van der Waals surface area contributed by atoms with Crippen LogP contribution in [-0.4, -0.2) is 25.8 Å². The Labute approximate surface area is 146 Å². The normalized spacial score (nSPS) is 21.8. The summed E-state index contributed by atoms with van der Waals surface area (Å²) in [5, 5.41) is 7.03. The van der Waals surface area contributed by atoms with Gasteiger partial charge in [0.1, 0.15) is 5.82 Å². The Hall–Kier alpha value is -1.24. The van der Waals surface area contributed by atoms with Crippen molar-refractivity contribution in [3.8, 4) is 0 Å². The van der Waals surface area contributed by atoms with Crippen LogP contribution in [0, 0.1) is 4.77 Å². The molecule has 1 saturated carbocycles. The maximum atomic E-state index is 5.69. The van der Waals surface area contributed by atoms with Crippen molar-refractivity contribution < 1.29 is 0 Å². The van der Waals surface area contributed by atoms with Gasteiger partial charge in [0.15, 0.2) is 4.77 Å². The molecule has 0 radical (unpaired) electrons. The second-order valence-electron chi connectivity index (χ2n) is 6.44. The first-order valence-corrected chi connectivity index (χ1v) is 9.62. The van der Waals surface area contributed by atoms with E-state index in [0.29, 0.717) is 12.0 Å². The largest absolute Gasteiger partial charge is 0.300 e. The highest BCUT2D eigenvalue weighted by Gasteiger charge is 2.31. The molecule has 122 valence electrons. The number of hydrogen-bond acceptors (Lipinski definition) is 4. The van der Waals surface area contributed by atoms with E-state index in [1.807, 2.05) is 22.1 Å². The van der Waals surface area contributed by atoms with E-state index in [-0.39, 0.29) is 0 Å². The van der Waals surface area contributed by atoms with Crippen LogP contribution in [0.4, 0.5) is 0 Å². The molecule has 2 aromatic rings. The predicted molar refractivity (Wildman–Crippen MR) is 96.2 cm³/mol. The summed E-state index contributed by atoms with van der Waals surface area (Å²) in [6, 6.07) is 4.91. The molecule has 2 fully saturated rings. The summed E-state index contributed by atoms with van der Waals surface area (Å²) in [6.45, 7) is 6.55. The lowest BCUT2D eigenvalue weighted by molar-refractivity contribution is 0.191. The van der Waals surface area contributed by atoms with Crippen molar-refractivity contribution >= 4 is 23.6 Å².